The van der Waals surface area contributed by atoms with Crippen molar-refractivity contribution in [1.82, 2.24) is 10.5 Å². The fourth-order valence-electron chi connectivity index (χ4n) is 1.91. The van der Waals surface area contributed by atoms with Crippen LogP contribution in [-0.2, 0) is 13.1 Å². The Morgan fingerprint density at radius 2 is 2.00 bits per heavy atom. The van der Waals surface area contributed by atoms with Gasteiger partial charge in [-0.05, 0) is 44.0 Å². The van der Waals surface area contributed by atoms with Crippen LogP contribution < -0.4 is 5.32 Å². The molecule has 0 saturated carbocycles. The summed E-state index contributed by atoms with van der Waals surface area (Å²) < 4.78 is 18.2. The molecule has 0 atom stereocenters. The number of aromatic nitrogens is 1. The standard InChI is InChI=1S/C14H17FN2O/c1-9-4-5-13(15)6-12(9)7-16-8-14-10(2)17-18-11(14)3/h4-6,16H,7-8H2,1-3H3. The third-order valence-electron chi connectivity index (χ3n) is 3.11. The highest BCUT2D eigenvalue weighted by Crippen LogP contribution is 2.13. The predicted molar refractivity (Wildman–Crippen MR) is 67.7 cm³/mol. The second-order valence-corrected chi connectivity index (χ2v) is 4.48. The van der Waals surface area contributed by atoms with Gasteiger partial charge in [-0.2, -0.15) is 0 Å². The lowest BCUT2D eigenvalue weighted by Gasteiger charge is -2.07. The predicted octanol–water partition coefficient (Wildman–Crippen LogP) is 3.03. The molecular formula is C14H17FN2O. The van der Waals surface area contributed by atoms with Gasteiger partial charge in [-0.1, -0.05) is 11.2 Å². The summed E-state index contributed by atoms with van der Waals surface area (Å²) in [4.78, 5) is 0. The van der Waals surface area contributed by atoms with Gasteiger partial charge in [-0.3, -0.25) is 0 Å². The number of nitrogens with zero attached hydrogens (tertiary/aromatic N) is 1. The second-order valence-electron chi connectivity index (χ2n) is 4.48. The topological polar surface area (TPSA) is 38.1 Å². The molecule has 2 rings (SSSR count). The summed E-state index contributed by atoms with van der Waals surface area (Å²) in [7, 11) is 0. The molecule has 1 N–H and O–H groups in total. The van der Waals surface area contributed by atoms with Crippen LogP contribution >= 0.6 is 0 Å². The first kappa shape index (κ1) is 12.8. The van der Waals surface area contributed by atoms with E-state index in [0.29, 0.717) is 13.1 Å². The molecule has 0 spiro atoms. The first-order valence-electron chi connectivity index (χ1n) is 5.95. The second kappa shape index (κ2) is 5.31. The lowest BCUT2D eigenvalue weighted by atomic mass is 10.1. The molecule has 18 heavy (non-hydrogen) atoms. The molecule has 0 aliphatic heterocycles. The highest BCUT2D eigenvalue weighted by molar-refractivity contribution is 5.27. The molecule has 0 aliphatic rings. The van der Waals surface area contributed by atoms with E-state index in [2.05, 4.69) is 10.5 Å². The Hall–Kier alpha value is -1.68. The maximum Gasteiger partial charge on any atom is 0.138 e. The highest BCUT2D eigenvalue weighted by atomic mass is 19.1. The van der Waals surface area contributed by atoms with Crippen LogP contribution in [0.5, 0.6) is 0 Å². The van der Waals surface area contributed by atoms with E-state index < -0.39 is 0 Å². The summed E-state index contributed by atoms with van der Waals surface area (Å²) in [6.07, 6.45) is 0. The fourth-order valence-corrected chi connectivity index (χ4v) is 1.91. The van der Waals surface area contributed by atoms with E-state index in [1.165, 1.54) is 6.07 Å². The summed E-state index contributed by atoms with van der Waals surface area (Å²) in [6, 6.07) is 4.84. The minimum Gasteiger partial charge on any atom is -0.361 e. The van der Waals surface area contributed by atoms with Crippen LogP contribution in [0.3, 0.4) is 0 Å². The molecule has 2 aromatic rings. The highest BCUT2D eigenvalue weighted by Gasteiger charge is 2.08. The van der Waals surface area contributed by atoms with Gasteiger partial charge in [-0.25, -0.2) is 4.39 Å². The molecule has 1 heterocycles. The summed E-state index contributed by atoms with van der Waals surface area (Å²) in [5.74, 6) is 0.630. The number of hydrogen-bond acceptors (Lipinski definition) is 3. The molecule has 0 saturated heterocycles. The minimum atomic E-state index is -0.199. The van der Waals surface area contributed by atoms with Crippen molar-refractivity contribution in [2.24, 2.45) is 0 Å². The Bertz CT molecular complexity index is 529. The van der Waals surface area contributed by atoms with Crippen molar-refractivity contribution in [3.63, 3.8) is 0 Å². The van der Waals surface area contributed by atoms with Crippen molar-refractivity contribution in [3.05, 3.63) is 52.2 Å². The molecule has 4 heteroatoms. The van der Waals surface area contributed by atoms with Crippen LogP contribution in [0.2, 0.25) is 0 Å². The van der Waals surface area contributed by atoms with E-state index in [1.54, 1.807) is 12.1 Å². The molecule has 0 bridgehead atoms. The SMILES string of the molecule is Cc1ccc(F)cc1CNCc1c(C)noc1C. The first-order valence-corrected chi connectivity index (χ1v) is 5.95. The summed E-state index contributed by atoms with van der Waals surface area (Å²) >= 11 is 0. The third-order valence-corrected chi connectivity index (χ3v) is 3.11. The monoisotopic (exact) mass is 248 g/mol. The average molecular weight is 248 g/mol. The number of nitrogens with one attached hydrogen (secondary N) is 1. The fraction of sp³-hybridized carbons (Fsp3) is 0.357. The van der Waals surface area contributed by atoms with E-state index in [-0.39, 0.29) is 5.82 Å². The maximum absolute atomic E-state index is 13.1. The zero-order valence-corrected chi connectivity index (χ0v) is 10.9. The van der Waals surface area contributed by atoms with E-state index >= 15 is 0 Å². The number of rotatable bonds is 4. The van der Waals surface area contributed by atoms with E-state index in [0.717, 1.165) is 28.1 Å². The number of aryl methyl sites for hydroxylation is 3. The molecule has 1 aromatic heterocycles. The molecular weight excluding hydrogens is 231 g/mol. The Kier molecular flexibility index (Phi) is 3.77. The van der Waals surface area contributed by atoms with Gasteiger partial charge in [0.15, 0.2) is 0 Å². The molecule has 3 nitrogen and oxygen atoms in total. The molecule has 1 aromatic carbocycles. The van der Waals surface area contributed by atoms with Crippen LogP contribution in [0.4, 0.5) is 4.39 Å². The van der Waals surface area contributed by atoms with Crippen molar-refractivity contribution in [2.45, 2.75) is 33.9 Å². The molecule has 0 amide bonds. The van der Waals surface area contributed by atoms with Gasteiger partial charge in [0.05, 0.1) is 5.69 Å². The van der Waals surface area contributed by atoms with E-state index in [9.17, 15) is 4.39 Å². The number of hydrogen-bond donors (Lipinski definition) is 1. The smallest absolute Gasteiger partial charge is 0.138 e. The van der Waals surface area contributed by atoms with Gasteiger partial charge in [0.1, 0.15) is 11.6 Å². The lowest BCUT2D eigenvalue weighted by Crippen LogP contribution is -2.14. The van der Waals surface area contributed by atoms with Gasteiger partial charge < -0.3 is 9.84 Å². The Morgan fingerprint density at radius 1 is 1.22 bits per heavy atom. The maximum atomic E-state index is 13.1. The lowest BCUT2D eigenvalue weighted by molar-refractivity contribution is 0.392. The zero-order valence-electron chi connectivity index (χ0n) is 10.9. The van der Waals surface area contributed by atoms with Crippen molar-refractivity contribution in [2.75, 3.05) is 0 Å². The molecule has 0 fully saturated rings. The van der Waals surface area contributed by atoms with Crippen LogP contribution in [-0.4, -0.2) is 5.16 Å². The van der Waals surface area contributed by atoms with Gasteiger partial charge in [0, 0.05) is 18.7 Å². The Balaban J connectivity index is 1.98. The zero-order chi connectivity index (χ0) is 13.1. The van der Waals surface area contributed by atoms with Gasteiger partial charge >= 0.3 is 0 Å². The van der Waals surface area contributed by atoms with Gasteiger partial charge in [-0.15, -0.1) is 0 Å². The van der Waals surface area contributed by atoms with Crippen molar-refractivity contribution >= 4 is 0 Å². The average Bonchev–Trinajstić information content (AvgIpc) is 2.65. The quantitative estimate of drug-likeness (QED) is 0.903. The van der Waals surface area contributed by atoms with Crippen LogP contribution in [0.15, 0.2) is 22.7 Å². The normalized spacial score (nSPS) is 10.9. The van der Waals surface area contributed by atoms with E-state index in [1.807, 2.05) is 20.8 Å². The van der Waals surface area contributed by atoms with E-state index in [4.69, 9.17) is 4.52 Å². The van der Waals surface area contributed by atoms with Crippen LogP contribution in [0.25, 0.3) is 0 Å². The first-order chi connectivity index (χ1) is 8.58. The summed E-state index contributed by atoms with van der Waals surface area (Å²) in [5.41, 5.74) is 4.03. The Morgan fingerprint density at radius 3 is 2.67 bits per heavy atom. The molecule has 0 radical (unpaired) electrons. The van der Waals surface area contributed by atoms with Crippen molar-refractivity contribution in [1.29, 1.82) is 0 Å². The molecule has 0 aliphatic carbocycles. The van der Waals surface area contributed by atoms with Gasteiger partial charge in [0.25, 0.3) is 0 Å². The number of halogens is 1. The molecule has 0 unspecified atom stereocenters. The Labute approximate surface area is 106 Å². The van der Waals surface area contributed by atoms with Crippen LogP contribution in [0, 0.1) is 26.6 Å². The van der Waals surface area contributed by atoms with Crippen molar-refractivity contribution < 1.29 is 8.91 Å². The summed E-state index contributed by atoms with van der Waals surface area (Å²) in [6.45, 7) is 7.10. The largest absolute Gasteiger partial charge is 0.361 e. The minimum absolute atomic E-state index is 0.199. The van der Waals surface area contributed by atoms with Gasteiger partial charge in [0.2, 0.25) is 0 Å². The number of benzene rings is 1. The van der Waals surface area contributed by atoms with Crippen molar-refractivity contribution in [3.8, 4) is 0 Å². The van der Waals surface area contributed by atoms with Crippen LogP contribution in [0.1, 0.15) is 28.1 Å². The summed E-state index contributed by atoms with van der Waals surface area (Å²) in [5, 5.41) is 7.19. The molecule has 96 valence electrons. The third kappa shape index (κ3) is 2.76.